The molecule has 2 heterocycles. The molecule has 0 bridgehead atoms. The number of ether oxygens (including phenoxy) is 1. The second-order valence-electron chi connectivity index (χ2n) is 9.45. The summed E-state index contributed by atoms with van der Waals surface area (Å²) in [5, 5.41) is 6.48. The molecular weight excluding hydrogens is 520 g/mol. The number of likely N-dealkylation sites (N-methyl/N-ethyl adjacent to an activating group) is 1. The number of amides is 2. The Bertz CT molecular complexity index is 1390. The number of piperidine rings is 1. The van der Waals surface area contributed by atoms with Gasteiger partial charge >= 0.3 is 0 Å². The Morgan fingerprint density at radius 2 is 1.79 bits per heavy atom. The van der Waals surface area contributed by atoms with Gasteiger partial charge in [-0.05, 0) is 42.5 Å². The second kappa shape index (κ2) is 12.1. The molecule has 10 nitrogen and oxygen atoms in total. The first-order chi connectivity index (χ1) is 18.7. The SMILES string of the molecule is COc1cc(Nc2ncc(Cl)c(Nc3ccccc3C(=O)C(=O)N(C)C)n2)ccc1C1CCN(C(C)=O)CC1. The molecule has 0 saturated carbocycles. The fourth-order valence-corrected chi connectivity index (χ4v) is 4.65. The zero-order valence-corrected chi connectivity index (χ0v) is 23.1. The second-order valence-corrected chi connectivity index (χ2v) is 9.86. The van der Waals surface area contributed by atoms with Crippen molar-refractivity contribution in [3.05, 3.63) is 64.8 Å². The number of para-hydroxylation sites is 1. The monoisotopic (exact) mass is 550 g/mol. The minimum absolute atomic E-state index is 0.105. The van der Waals surface area contributed by atoms with Crippen molar-refractivity contribution in [2.75, 3.05) is 44.9 Å². The fourth-order valence-electron chi connectivity index (χ4n) is 4.51. The van der Waals surface area contributed by atoms with Crippen molar-refractivity contribution >= 4 is 52.3 Å². The highest BCUT2D eigenvalue weighted by Gasteiger charge is 2.25. The average molecular weight is 551 g/mol. The van der Waals surface area contributed by atoms with Crippen LogP contribution < -0.4 is 15.4 Å². The van der Waals surface area contributed by atoms with Gasteiger partial charge in [-0.2, -0.15) is 4.98 Å². The van der Waals surface area contributed by atoms with E-state index in [1.165, 1.54) is 25.2 Å². The molecule has 2 N–H and O–H groups in total. The highest BCUT2D eigenvalue weighted by molar-refractivity contribution is 6.43. The number of likely N-dealkylation sites (tertiary alicyclic amines) is 1. The lowest BCUT2D eigenvalue weighted by atomic mass is 9.88. The number of carbonyl (C=O) groups excluding carboxylic acids is 3. The smallest absolute Gasteiger partial charge is 0.294 e. The molecule has 3 aromatic rings. The number of methoxy groups -OCH3 is 1. The van der Waals surface area contributed by atoms with Crippen molar-refractivity contribution in [2.45, 2.75) is 25.7 Å². The van der Waals surface area contributed by atoms with Gasteiger partial charge in [0.2, 0.25) is 11.9 Å². The first-order valence-electron chi connectivity index (χ1n) is 12.5. The molecule has 1 aliphatic heterocycles. The van der Waals surface area contributed by atoms with Crippen LogP contribution in [0.5, 0.6) is 5.75 Å². The third-order valence-corrected chi connectivity index (χ3v) is 6.92. The van der Waals surface area contributed by atoms with Crippen LogP contribution in [0.4, 0.5) is 23.1 Å². The summed E-state index contributed by atoms with van der Waals surface area (Å²) in [4.78, 5) is 48.5. The molecule has 0 unspecified atom stereocenters. The van der Waals surface area contributed by atoms with Gasteiger partial charge in [0, 0.05) is 45.9 Å². The number of aromatic nitrogens is 2. The Labute approximate surface area is 232 Å². The van der Waals surface area contributed by atoms with E-state index in [2.05, 4.69) is 20.6 Å². The van der Waals surface area contributed by atoms with Gasteiger partial charge in [-0.25, -0.2) is 4.98 Å². The minimum atomic E-state index is -0.647. The van der Waals surface area contributed by atoms with E-state index < -0.39 is 11.7 Å². The number of carbonyl (C=O) groups is 3. The molecule has 39 heavy (non-hydrogen) atoms. The van der Waals surface area contributed by atoms with Crippen LogP contribution in [0.15, 0.2) is 48.7 Å². The zero-order valence-electron chi connectivity index (χ0n) is 22.3. The summed E-state index contributed by atoms with van der Waals surface area (Å²) in [5.74, 6) is 0.412. The maximum Gasteiger partial charge on any atom is 0.294 e. The Kier molecular flexibility index (Phi) is 8.65. The number of hydrogen-bond acceptors (Lipinski definition) is 8. The quantitative estimate of drug-likeness (QED) is 0.308. The summed E-state index contributed by atoms with van der Waals surface area (Å²) >= 11 is 6.36. The third kappa shape index (κ3) is 6.46. The van der Waals surface area contributed by atoms with E-state index in [1.54, 1.807) is 38.3 Å². The van der Waals surface area contributed by atoms with E-state index in [4.69, 9.17) is 16.3 Å². The molecule has 11 heteroatoms. The number of ketones is 1. The van der Waals surface area contributed by atoms with Crippen LogP contribution in [-0.2, 0) is 9.59 Å². The molecule has 2 aromatic carbocycles. The van der Waals surface area contributed by atoms with Crippen molar-refractivity contribution in [3.63, 3.8) is 0 Å². The highest BCUT2D eigenvalue weighted by Crippen LogP contribution is 2.36. The molecule has 1 saturated heterocycles. The molecule has 4 rings (SSSR count). The summed E-state index contributed by atoms with van der Waals surface area (Å²) < 4.78 is 5.69. The van der Waals surface area contributed by atoms with Crippen LogP contribution >= 0.6 is 11.6 Å². The van der Waals surface area contributed by atoms with E-state index in [1.807, 2.05) is 23.1 Å². The molecule has 0 atom stereocenters. The maximum atomic E-state index is 12.7. The first kappa shape index (κ1) is 27.8. The van der Waals surface area contributed by atoms with Gasteiger partial charge in [-0.15, -0.1) is 0 Å². The number of hydrogen-bond donors (Lipinski definition) is 2. The van der Waals surface area contributed by atoms with Crippen molar-refractivity contribution in [1.82, 2.24) is 19.8 Å². The molecule has 0 spiro atoms. The summed E-state index contributed by atoms with van der Waals surface area (Å²) in [6.07, 6.45) is 3.20. The number of benzene rings is 2. The largest absolute Gasteiger partial charge is 0.496 e. The lowest BCUT2D eigenvalue weighted by molar-refractivity contribution is -0.129. The number of nitrogens with one attached hydrogen (secondary N) is 2. The van der Waals surface area contributed by atoms with Gasteiger partial charge in [0.25, 0.3) is 11.7 Å². The Morgan fingerprint density at radius 1 is 1.08 bits per heavy atom. The summed E-state index contributed by atoms with van der Waals surface area (Å²) in [5.41, 5.74) is 2.41. The first-order valence-corrected chi connectivity index (χ1v) is 12.9. The molecule has 0 aliphatic carbocycles. The average Bonchev–Trinajstić information content (AvgIpc) is 2.94. The van der Waals surface area contributed by atoms with Gasteiger partial charge in [0.05, 0.1) is 24.6 Å². The molecule has 1 fully saturated rings. The van der Waals surface area contributed by atoms with E-state index in [-0.39, 0.29) is 28.3 Å². The van der Waals surface area contributed by atoms with E-state index >= 15 is 0 Å². The number of anilines is 4. The molecule has 1 aromatic heterocycles. The number of halogens is 1. The molecule has 2 amide bonds. The normalized spacial score (nSPS) is 13.5. The van der Waals surface area contributed by atoms with Crippen molar-refractivity contribution in [2.24, 2.45) is 0 Å². The van der Waals surface area contributed by atoms with Crippen molar-refractivity contribution in [3.8, 4) is 5.75 Å². The van der Waals surface area contributed by atoms with Gasteiger partial charge in [0.15, 0.2) is 5.82 Å². The van der Waals surface area contributed by atoms with Crippen LogP contribution in [0.1, 0.15) is 41.6 Å². The fraction of sp³-hybridized carbons (Fsp3) is 0.321. The van der Waals surface area contributed by atoms with Crippen molar-refractivity contribution < 1.29 is 19.1 Å². The van der Waals surface area contributed by atoms with Gasteiger partial charge < -0.3 is 25.2 Å². The van der Waals surface area contributed by atoms with Gasteiger partial charge in [-0.3, -0.25) is 14.4 Å². The summed E-state index contributed by atoms with van der Waals surface area (Å²) in [6, 6.07) is 12.5. The van der Waals surface area contributed by atoms with Gasteiger partial charge in [0.1, 0.15) is 10.8 Å². The van der Waals surface area contributed by atoms with Crippen LogP contribution in [0.25, 0.3) is 0 Å². The summed E-state index contributed by atoms with van der Waals surface area (Å²) in [7, 11) is 4.68. The van der Waals surface area contributed by atoms with Gasteiger partial charge in [-0.1, -0.05) is 29.8 Å². The molecular formula is C28H31ClN6O4. The van der Waals surface area contributed by atoms with Crippen molar-refractivity contribution in [1.29, 1.82) is 0 Å². The topological polar surface area (TPSA) is 117 Å². The van der Waals surface area contributed by atoms with Crippen LogP contribution in [0.3, 0.4) is 0 Å². The van der Waals surface area contributed by atoms with Crippen LogP contribution in [0.2, 0.25) is 5.02 Å². The van der Waals surface area contributed by atoms with E-state index in [0.717, 1.165) is 42.9 Å². The predicted octanol–water partition coefficient (Wildman–Crippen LogP) is 4.62. The Balaban J connectivity index is 1.53. The number of Topliss-reactive ketones (excluding diaryl/α,β-unsaturated/α-hetero) is 1. The van der Waals surface area contributed by atoms with E-state index in [9.17, 15) is 14.4 Å². The Morgan fingerprint density at radius 3 is 2.46 bits per heavy atom. The van der Waals surface area contributed by atoms with Crippen LogP contribution in [0, 0.1) is 0 Å². The Hall–Kier alpha value is -4.18. The molecule has 204 valence electrons. The summed E-state index contributed by atoms with van der Waals surface area (Å²) in [6.45, 7) is 3.07. The van der Waals surface area contributed by atoms with Crippen LogP contribution in [-0.4, -0.2) is 71.7 Å². The number of nitrogens with zero attached hydrogens (tertiary/aromatic N) is 4. The standard InChI is InChI=1S/C28H31ClN6O4/c1-17(36)35-13-11-18(12-14-35)20-10-9-19(15-24(20)39-4)31-28-30-16-22(29)26(33-28)32-23-8-6-5-7-21(23)25(37)27(38)34(2)3/h5-10,15-16,18H,11-14H2,1-4H3,(H2,30,31,32,33). The zero-order chi connectivity index (χ0) is 28.1. The lowest BCUT2D eigenvalue weighted by Gasteiger charge is -2.32. The lowest BCUT2D eigenvalue weighted by Crippen LogP contribution is -2.36. The number of rotatable bonds is 8. The predicted molar refractivity (Wildman–Crippen MR) is 150 cm³/mol. The minimum Gasteiger partial charge on any atom is -0.496 e. The maximum absolute atomic E-state index is 12.7. The highest BCUT2D eigenvalue weighted by atomic mass is 35.5. The molecule has 1 aliphatic rings. The molecule has 0 radical (unpaired) electrons. The van der Waals surface area contributed by atoms with E-state index in [0.29, 0.717) is 11.6 Å². The third-order valence-electron chi connectivity index (χ3n) is 6.64.